The zero-order valence-electron chi connectivity index (χ0n) is 10.5. The standard InChI is InChI=1S/C11H16N4O3S/c1-8-11(16)13-4-5-15(8)19(17,18)10-3-2-9(6-12)14-7-10/h2-3,7-8H,4-6,12H2,1H3,(H,13,16). The van der Waals surface area contributed by atoms with E-state index in [0.29, 0.717) is 12.2 Å². The summed E-state index contributed by atoms with van der Waals surface area (Å²) >= 11 is 0. The summed E-state index contributed by atoms with van der Waals surface area (Å²) in [4.78, 5) is 15.6. The van der Waals surface area contributed by atoms with E-state index in [1.54, 1.807) is 13.0 Å². The van der Waals surface area contributed by atoms with E-state index < -0.39 is 16.1 Å². The molecule has 19 heavy (non-hydrogen) atoms. The summed E-state index contributed by atoms with van der Waals surface area (Å²) in [7, 11) is -3.70. The molecule has 0 saturated carbocycles. The van der Waals surface area contributed by atoms with Gasteiger partial charge in [0.15, 0.2) is 0 Å². The van der Waals surface area contributed by atoms with Crippen molar-refractivity contribution in [2.45, 2.75) is 24.4 Å². The summed E-state index contributed by atoms with van der Waals surface area (Å²) in [6.07, 6.45) is 1.27. The van der Waals surface area contributed by atoms with Crippen molar-refractivity contribution in [1.82, 2.24) is 14.6 Å². The SMILES string of the molecule is CC1C(=O)NCCN1S(=O)(=O)c1ccc(CN)nc1. The first-order chi connectivity index (χ1) is 8.96. The number of pyridine rings is 1. The van der Waals surface area contributed by atoms with Crippen LogP contribution in [0.1, 0.15) is 12.6 Å². The van der Waals surface area contributed by atoms with Gasteiger partial charge in [-0.1, -0.05) is 0 Å². The number of nitrogens with two attached hydrogens (primary N) is 1. The quantitative estimate of drug-likeness (QED) is 0.744. The third-order valence-electron chi connectivity index (χ3n) is 3.06. The van der Waals surface area contributed by atoms with E-state index in [2.05, 4.69) is 10.3 Å². The first-order valence-electron chi connectivity index (χ1n) is 5.91. The van der Waals surface area contributed by atoms with Crippen LogP contribution in [0.5, 0.6) is 0 Å². The van der Waals surface area contributed by atoms with Crippen LogP contribution in [0.3, 0.4) is 0 Å². The molecule has 2 rings (SSSR count). The zero-order chi connectivity index (χ0) is 14.0. The van der Waals surface area contributed by atoms with Crippen LogP contribution in [0.4, 0.5) is 0 Å². The van der Waals surface area contributed by atoms with Gasteiger partial charge in [0.2, 0.25) is 15.9 Å². The number of hydrogen-bond donors (Lipinski definition) is 2. The molecule has 104 valence electrons. The monoisotopic (exact) mass is 284 g/mol. The zero-order valence-corrected chi connectivity index (χ0v) is 11.4. The highest BCUT2D eigenvalue weighted by atomic mass is 32.2. The van der Waals surface area contributed by atoms with E-state index in [9.17, 15) is 13.2 Å². The summed E-state index contributed by atoms with van der Waals surface area (Å²) in [5.41, 5.74) is 6.03. The van der Waals surface area contributed by atoms with Crippen LogP contribution in [0, 0.1) is 0 Å². The minimum atomic E-state index is -3.70. The number of carbonyl (C=O) groups is 1. The number of aromatic nitrogens is 1. The van der Waals surface area contributed by atoms with Crippen LogP contribution in [-0.2, 0) is 21.4 Å². The molecule has 0 aliphatic carbocycles. The second kappa shape index (κ2) is 5.24. The Hall–Kier alpha value is -1.51. The molecule has 1 unspecified atom stereocenters. The Kier molecular flexibility index (Phi) is 3.83. The fourth-order valence-electron chi connectivity index (χ4n) is 1.91. The van der Waals surface area contributed by atoms with E-state index in [-0.39, 0.29) is 23.9 Å². The molecule has 7 nitrogen and oxygen atoms in total. The number of sulfonamides is 1. The van der Waals surface area contributed by atoms with Gasteiger partial charge in [0.1, 0.15) is 10.9 Å². The fourth-order valence-corrected chi connectivity index (χ4v) is 3.45. The molecule has 1 aromatic rings. The number of nitrogens with zero attached hydrogens (tertiary/aromatic N) is 2. The van der Waals surface area contributed by atoms with Crippen molar-refractivity contribution in [2.24, 2.45) is 5.73 Å². The van der Waals surface area contributed by atoms with Gasteiger partial charge in [-0.3, -0.25) is 9.78 Å². The van der Waals surface area contributed by atoms with Crippen molar-refractivity contribution in [3.63, 3.8) is 0 Å². The Morgan fingerprint density at radius 3 is 2.84 bits per heavy atom. The lowest BCUT2D eigenvalue weighted by atomic mass is 10.2. The highest BCUT2D eigenvalue weighted by molar-refractivity contribution is 7.89. The lowest BCUT2D eigenvalue weighted by molar-refractivity contribution is -0.126. The van der Waals surface area contributed by atoms with Crippen LogP contribution < -0.4 is 11.1 Å². The number of rotatable bonds is 3. The third-order valence-corrected chi connectivity index (χ3v) is 5.01. The second-order valence-corrected chi connectivity index (χ2v) is 6.16. The van der Waals surface area contributed by atoms with Gasteiger partial charge in [0, 0.05) is 25.8 Å². The molecule has 0 radical (unpaired) electrons. The second-order valence-electron chi connectivity index (χ2n) is 4.27. The summed E-state index contributed by atoms with van der Waals surface area (Å²) in [5.74, 6) is -0.290. The number of carbonyl (C=O) groups excluding carboxylic acids is 1. The molecule has 1 aliphatic rings. The topological polar surface area (TPSA) is 105 Å². The van der Waals surface area contributed by atoms with Crippen LogP contribution in [0.15, 0.2) is 23.2 Å². The fraction of sp³-hybridized carbons (Fsp3) is 0.455. The molecule has 1 aliphatic heterocycles. The number of piperazine rings is 1. The van der Waals surface area contributed by atoms with E-state index in [1.807, 2.05) is 0 Å². The first-order valence-corrected chi connectivity index (χ1v) is 7.35. The van der Waals surface area contributed by atoms with Gasteiger partial charge in [0.25, 0.3) is 0 Å². The van der Waals surface area contributed by atoms with Gasteiger partial charge < -0.3 is 11.1 Å². The maximum atomic E-state index is 12.4. The van der Waals surface area contributed by atoms with Gasteiger partial charge in [-0.15, -0.1) is 0 Å². The molecule has 1 saturated heterocycles. The largest absolute Gasteiger partial charge is 0.353 e. The van der Waals surface area contributed by atoms with Crippen molar-refractivity contribution in [1.29, 1.82) is 0 Å². The average Bonchev–Trinajstić information content (AvgIpc) is 2.41. The number of hydrogen-bond acceptors (Lipinski definition) is 5. The van der Waals surface area contributed by atoms with Crippen molar-refractivity contribution in [2.75, 3.05) is 13.1 Å². The molecule has 1 aromatic heterocycles. The maximum Gasteiger partial charge on any atom is 0.245 e. The van der Waals surface area contributed by atoms with Crippen LogP contribution in [0.2, 0.25) is 0 Å². The summed E-state index contributed by atoms with van der Waals surface area (Å²) in [6, 6.07) is 2.32. The van der Waals surface area contributed by atoms with Gasteiger partial charge in [-0.2, -0.15) is 4.31 Å². The highest BCUT2D eigenvalue weighted by Gasteiger charge is 2.35. The Bertz CT molecular complexity index is 570. The normalized spacial score (nSPS) is 21.2. The minimum absolute atomic E-state index is 0.0752. The molecular formula is C11H16N4O3S. The molecule has 8 heteroatoms. The first kappa shape index (κ1) is 13.9. The van der Waals surface area contributed by atoms with Crippen molar-refractivity contribution in [3.05, 3.63) is 24.0 Å². The average molecular weight is 284 g/mol. The lowest BCUT2D eigenvalue weighted by Crippen LogP contribution is -2.55. The van der Waals surface area contributed by atoms with Gasteiger partial charge in [-0.05, 0) is 19.1 Å². The Balaban J connectivity index is 2.32. The Morgan fingerprint density at radius 2 is 2.26 bits per heavy atom. The molecule has 0 spiro atoms. The van der Waals surface area contributed by atoms with Crippen molar-refractivity contribution >= 4 is 15.9 Å². The maximum absolute atomic E-state index is 12.4. The summed E-state index contributed by atoms with van der Waals surface area (Å²) in [6.45, 7) is 2.39. The van der Waals surface area contributed by atoms with Crippen molar-refractivity contribution in [3.8, 4) is 0 Å². The van der Waals surface area contributed by atoms with E-state index in [0.717, 1.165) is 0 Å². The molecule has 1 atom stereocenters. The molecular weight excluding hydrogens is 268 g/mol. The van der Waals surface area contributed by atoms with Crippen LogP contribution in [-0.4, -0.2) is 42.7 Å². The Labute approximate surface area is 111 Å². The number of nitrogens with one attached hydrogen (secondary N) is 1. The Morgan fingerprint density at radius 1 is 1.53 bits per heavy atom. The molecule has 0 bridgehead atoms. The summed E-state index contributed by atoms with van der Waals surface area (Å²) < 4.78 is 26.0. The molecule has 1 amide bonds. The van der Waals surface area contributed by atoms with Gasteiger partial charge in [0.05, 0.1) is 5.69 Å². The lowest BCUT2D eigenvalue weighted by Gasteiger charge is -2.31. The van der Waals surface area contributed by atoms with E-state index in [1.165, 1.54) is 16.6 Å². The van der Waals surface area contributed by atoms with Gasteiger partial charge >= 0.3 is 0 Å². The van der Waals surface area contributed by atoms with Crippen LogP contribution in [0.25, 0.3) is 0 Å². The third kappa shape index (κ3) is 2.60. The molecule has 2 heterocycles. The predicted octanol–water partition coefficient (Wildman–Crippen LogP) is -0.951. The van der Waals surface area contributed by atoms with Crippen LogP contribution >= 0.6 is 0 Å². The minimum Gasteiger partial charge on any atom is -0.353 e. The van der Waals surface area contributed by atoms with E-state index in [4.69, 9.17) is 5.73 Å². The van der Waals surface area contributed by atoms with E-state index >= 15 is 0 Å². The van der Waals surface area contributed by atoms with Crippen molar-refractivity contribution < 1.29 is 13.2 Å². The molecule has 1 fully saturated rings. The number of amides is 1. The predicted molar refractivity (Wildman–Crippen MR) is 68.5 cm³/mol. The molecule has 3 N–H and O–H groups in total. The summed E-state index contributed by atoms with van der Waals surface area (Å²) in [5, 5.41) is 2.63. The molecule has 0 aromatic carbocycles. The smallest absolute Gasteiger partial charge is 0.245 e. The van der Waals surface area contributed by atoms with Gasteiger partial charge in [-0.25, -0.2) is 8.42 Å². The highest BCUT2D eigenvalue weighted by Crippen LogP contribution is 2.19.